The Hall–Kier alpha value is -2.04. The summed E-state index contributed by atoms with van der Waals surface area (Å²) in [6.45, 7) is 3.71. The van der Waals surface area contributed by atoms with E-state index in [2.05, 4.69) is 15.4 Å². The van der Waals surface area contributed by atoms with E-state index in [0.29, 0.717) is 0 Å². The minimum Gasteiger partial charge on any atom is -0.396 e. The van der Waals surface area contributed by atoms with E-state index in [0.717, 1.165) is 36.6 Å². The predicted molar refractivity (Wildman–Crippen MR) is 68.7 cm³/mol. The van der Waals surface area contributed by atoms with Crippen LogP contribution in [0.4, 0.5) is 11.5 Å². The van der Waals surface area contributed by atoms with Gasteiger partial charge in [-0.05, 0) is 31.0 Å². The summed E-state index contributed by atoms with van der Waals surface area (Å²) < 4.78 is 1.91. The molecule has 0 atom stereocenters. The first kappa shape index (κ1) is 11.4. The van der Waals surface area contributed by atoms with Crippen LogP contribution in [0.25, 0.3) is 0 Å². The van der Waals surface area contributed by atoms with Gasteiger partial charge in [0, 0.05) is 31.7 Å². The summed E-state index contributed by atoms with van der Waals surface area (Å²) >= 11 is 0. The van der Waals surface area contributed by atoms with E-state index in [4.69, 9.17) is 5.73 Å². The van der Waals surface area contributed by atoms with E-state index in [-0.39, 0.29) is 0 Å². The van der Waals surface area contributed by atoms with Crippen LogP contribution in [-0.4, -0.2) is 21.3 Å². The quantitative estimate of drug-likeness (QED) is 0.768. The topological polar surface area (TPSA) is 68.8 Å². The van der Waals surface area contributed by atoms with Crippen molar-refractivity contribution in [1.82, 2.24) is 14.8 Å². The van der Waals surface area contributed by atoms with E-state index in [9.17, 15) is 0 Å². The zero-order valence-electron chi connectivity index (χ0n) is 9.93. The van der Waals surface area contributed by atoms with Crippen molar-refractivity contribution in [3.63, 3.8) is 0 Å². The summed E-state index contributed by atoms with van der Waals surface area (Å²) in [5.74, 6) is 0.769. The Labute approximate surface area is 101 Å². The lowest BCUT2D eigenvalue weighted by Crippen LogP contribution is -2.10. The molecular formula is C12H17N5. The molecule has 0 saturated carbocycles. The second kappa shape index (κ2) is 5.34. The van der Waals surface area contributed by atoms with Crippen LogP contribution in [0.3, 0.4) is 0 Å². The molecule has 5 heteroatoms. The Balaban J connectivity index is 1.80. The number of nitrogens with one attached hydrogen (secondary N) is 1. The Morgan fingerprint density at radius 1 is 1.41 bits per heavy atom. The van der Waals surface area contributed by atoms with Gasteiger partial charge in [0.2, 0.25) is 0 Å². The predicted octanol–water partition coefficient (Wildman–Crippen LogP) is 1.67. The number of nitrogens with zero attached hydrogens (tertiary/aromatic N) is 3. The summed E-state index contributed by atoms with van der Waals surface area (Å²) in [7, 11) is 0. The number of nitrogens with two attached hydrogens (primary N) is 1. The minimum atomic E-state index is 0.728. The van der Waals surface area contributed by atoms with Gasteiger partial charge in [-0.1, -0.05) is 0 Å². The molecule has 0 saturated heterocycles. The lowest BCUT2D eigenvalue weighted by atomic mass is 10.2. The number of aromatic nitrogens is 3. The molecule has 0 aromatic carbocycles. The van der Waals surface area contributed by atoms with Gasteiger partial charge in [-0.25, -0.2) is 4.98 Å². The molecule has 0 aliphatic rings. The summed E-state index contributed by atoms with van der Waals surface area (Å²) in [6, 6.07) is 3.83. The first-order chi connectivity index (χ1) is 8.27. The number of hydrogen-bond donors (Lipinski definition) is 2. The molecule has 0 aliphatic heterocycles. The molecular weight excluding hydrogens is 214 g/mol. The zero-order valence-corrected chi connectivity index (χ0v) is 9.93. The lowest BCUT2D eigenvalue weighted by Gasteiger charge is -2.09. The highest BCUT2D eigenvalue weighted by molar-refractivity contribution is 5.64. The number of anilines is 2. The normalized spacial score (nSPS) is 10.4. The van der Waals surface area contributed by atoms with Gasteiger partial charge in [-0.3, -0.25) is 4.68 Å². The highest BCUT2D eigenvalue weighted by atomic mass is 15.3. The molecule has 3 N–H and O–H groups in total. The average Bonchev–Trinajstić information content (AvgIpc) is 2.83. The molecule has 0 unspecified atom stereocenters. The van der Waals surface area contributed by atoms with Gasteiger partial charge in [0.1, 0.15) is 5.82 Å². The fourth-order valence-corrected chi connectivity index (χ4v) is 1.59. The van der Waals surface area contributed by atoms with Crippen LogP contribution in [0, 0.1) is 6.92 Å². The zero-order chi connectivity index (χ0) is 12.1. The van der Waals surface area contributed by atoms with Gasteiger partial charge >= 0.3 is 0 Å². The Bertz CT molecular complexity index is 464. The third kappa shape index (κ3) is 2.96. The van der Waals surface area contributed by atoms with Crippen LogP contribution >= 0.6 is 0 Å². The first-order valence-electron chi connectivity index (χ1n) is 5.70. The van der Waals surface area contributed by atoms with Gasteiger partial charge in [0.05, 0.1) is 5.69 Å². The third-order valence-corrected chi connectivity index (χ3v) is 2.62. The molecule has 90 valence electrons. The molecule has 2 rings (SSSR count). The highest BCUT2D eigenvalue weighted by Crippen LogP contribution is 2.18. The van der Waals surface area contributed by atoms with Crippen molar-refractivity contribution in [1.29, 1.82) is 0 Å². The molecule has 5 nitrogen and oxygen atoms in total. The molecule has 0 fully saturated rings. The molecule has 0 spiro atoms. The third-order valence-electron chi connectivity index (χ3n) is 2.62. The maximum Gasteiger partial charge on any atom is 0.149 e. The maximum absolute atomic E-state index is 5.92. The van der Waals surface area contributed by atoms with Crippen molar-refractivity contribution >= 4 is 11.5 Å². The number of aryl methyl sites for hydroxylation is 2. The van der Waals surface area contributed by atoms with Crippen molar-refractivity contribution in [3.05, 3.63) is 36.3 Å². The van der Waals surface area contributed by atoms with E-state index in [1.165, 1.54) is 0 Å². The van der Waals surface area contributed by atoms with Crippen LogP contribution in [-0.2, 0) is 6.54 Å². The maximum atomic E-state index is 5.92. The second-order valence-corrected chi connectivity index (χ2v) is 3.94. The molecule has 0 amide bonds. The van der Waals surface area contributed by atoms with Crippen molar-refractivity contribution < 1.29 is 0 Å². The molecule has 2 heterocycles. The van der Waals surface area contributed by atoms with Crippen LogP contribution in [0.2, 0.25) is 0 Å². The number of hydrogen-bond acceptors (Lipinski definition) is 4. The van der Waals surface area contributed by atoms with Crippen molar-refractivity contribution in [2.24, 2.45) is 0 Å². The van der Waals surface area contributed by atoms with E-state index in [1.54, 1.807) is 12.4 Å². The fraction of sp³-hybridized carbons (Fsp3) is 0.333. The molecule has 0 aliphatic carbocycles. The van der Waals surface area contributed by atoms with Crippen molar-refractivity contribution in [2.75, 3.05) is 17.6 Å². The molecule has 2 aromatic rings. The Morgan fingerprint density at radius 2 is 2.29 bits per heavy atom. The molecule has 0 bridgehead atoms. The highest BCUT2D eigenvalue weighted by Gasteiger charge is 2.01. The van der Waals surface area contributed by atoms with Gasteiger partial charge < -0.3 is 11.1 Å². The average molecular weight is 231 g/mol. The van der Waals surface area contributed by atoms with E-state index in [1.807, 2.05) is 29.9 Å². The van der Waals surface area contributed by atoms with Crippen molar-refractivity contribution in [2.45, 2.75) is 19.9 Å². The standard InChI is InChI=1S/C12H17N5/c1-10-4-7-15-12(11(10)13)14-5-2-8-17-9-3-6-16-17/h3-4,6-7,9H,2,5,8,13H2,1H3,(H,14,15). The van der Waals surface area contributed by atoms with E-state index < -0.39 is 0 Å². The van der Waals surface area contributed by atoms with Gasteiger partial charge in [-0.2, -0.15) is 5.10 Å². The largest absolute Gasteiger partial charge is 0.396 e. The van der Waals surface area contributed by atoms with Crippen LogP contribution in [0.15, 0.2) is 30.7 Å². The molecule has 0 radical (unpaired) electrons. The van der Waals surface area contributed by atoms with Crippen LogP contribution in [0.5, 0.6) is 0 Å². The lowest BCUT2D eigenvalue weighted by molar-refractivity contribution is 0.591. The molecule has 2 aromatic heterocycles. The van der Waals surface area contributed by atoms with Crippen LogP contribution < -0.4 is 11.1 Å². The first-order valence-corrected chi connectivity index (χ1v) is 5.70. The Morgan fingerprint density at radius 3 is 3.06 bits per heavy atom. The SMILES string of the molecule is Cc1ccnc(NCCCn2cccn2)c1N. The molecule has 17 heavy (non-hydrogen) atoms. The summed E-state index contributed by atoms with van der Waals surface area (Å²) in [5, 5.41) is 7.38. The van der Waals surface area contributed by atoms with E-state index >= 15 is 0 Å². The number of nitrogen functional groups attached to an aromatic ring is 1. The summed E-state index contributed by atoms with van der Waals surface area (Å²) in [6.07, 6.45) is 6.49. The number of pyridine rings is 1. The smallest absolute Gasteiger partial charge is 0.149 e. The van der Waals surface area contributed by atoms with Gasteiger partial charge in [-0.15, -0.1) is 0 Å². The van der Waals surface area contributed by atoms with Gasteiger partial charge in [0.25, 0.3) is 0 Å². The number of rotatable bonds is 5. The second-order valence-electron chi connectivity index (χ2n) is 3.94. The minimum absolute atomic E-state index is 0.728. The van der Waals surface area contributed by atoms with Crippen LogP contribution in [0.1, 0.15) is 12.0 Å². The van der Waals surface area contributed by atoms with Gasteiger partial charge in [0.15, 0.2) is 0 Å². The van der Waals surface area contributed by atoms with Crippen molar-refractivity contribution in [3.8, 4) is 0 Å². The summed E-state index contributed by atoms with van der Waals surface area (Å²) in [4.78, 5) is 4.22. The summed E-state index contributed by atoms with van der Waals surface area (Å²) in [5.41, 5.74) is 7.70. The fourth-order valence-electron chi connectivity index (χ4n) is 1.59. The monoisotopic (exact) mass is 231 g/mol. The Kier molecular flexibility index (Phi) is 3.59.